The molecule has 0 aromatic carbocycles. The number of carbonyl (C=O) groups excluding carboxylic acids is 1. The molecule has 1 N–H and O–H groups in total. The standard InChI is InChI=1S/C14H20N2O3/c1-2-18-14-11(6-5-8-15-14)10-16-13(17)12-7-3-4-9-19-12/h5-6,8,12H,2-4,7,9-10H2,1H3,(H,16,17)/t12-/m1/s1. The molecular weight excluding hydrogens is 244 g/mol. The van der Waals surface area contributed by atoms with Crippen LogP contribution in [0, 0.1) is 0 Å². The summed E-state index contributed by atoms with van der Waals surface area (Å²) in [6.45, 7) is 3.56. The van der Waals surface area contributed by atoms with Crippen LogP contribution in [0.5, 0.6) is 5.88 Å². The van der Waals surface area contributed by atoms with Crippen LogP contribution < -0.4 is 10.1 Å². The lowest BCUT2D eigenvalue weighted by atomic mass is 10.1. The molecule has 0 radical (unpaired) electrons. The molecule has 1 saturated heterocycles. The fourth-order valence-electron chi connectivity index (χ4n) is 2.07. The highest BCUT2D eigenvalue weighted by Crippen LogP contribution is 2.15. The predicted molar refractivity (Wildman–Crippen MR) is 70.8 cm³/mol. The van der Waals surface area contributed by atoms with Gasteiger partial charge in [0.2, 0.25) is 11.8 Å². The highest BCUT2D eigenvalue weighted by Gasteiger charge is 2.21. The van der Waals surface area contributed by atoms with Gasteiger partial charge in [0.15, 0.2) is 0 Å². The molecule has 1 atom stereocenters. The quantitative estimate of drug-likeness (QED) is 0.878. The lowest BCUT2D eigenvalue weighted by Crippen LogP contribution is -2.38. The summed E-state index contributed by atoms with van der Waals surface area (Å²) in [7, 11) is 0. The van der Waals surface area contributed by atoms with Gasteiger partial charge in [0.05, 0.1) is 6.61 Å². The minimum absolute atomic E-state index is 0.0500. The number of amides is 1. The van der Waals surface area contributed by atoms with Crippen LogP contribution in [0.15, 0.2) is 18.3 Å². The average Bonchev–Trinajstić information content (AvgIpc) is 2.47. The molecule has 0 aliphatic carbocycles. The Morgan fingerprint density at radius 2 is 2.47 bits per heavy atom. The van der Waals surface area contributed by atoms with Gasteiger partial charge < -0.3 is 14.8 Å². The molecule has 1 fully saturated rings. The van der Waals surface area contributed by atoms with Crippen LogP contribution in [-0.2, 0) is 16.1 Å². The van der Waals surface area contributed by atoms with E-state index in [1.807, 2.05) is 19.1 Å². The predicted octanol–water partition coefficient (Wildman–Crippen LogP) is 1.67. The van der Waals surface area contributed by atoms with Crippen molar-refractivity contribution in [1.29, 1.82) is 0 Å². The number of pyridine rings is 1. The van der Waals surface area contributed by atoms with Crippen LogP contribution in [0.25, 0.3) is 0 Å². The summed E-state index contributed by atoms with van der Waals surface area (Å²) in [5, 5.41) is 2.88. The van der Waals surface area contributed by atoms with E-state index in [9.17, 15) is 4.79 Å². The van der Waals surface area contributed by atoms with E-state index in [2.05, 4.69) is 10.3 Å². The summed E-state index contributed by atoms with van der Waals surface area (Å²) in [5.41, 5.74) is 0.883. The van der Waals surface area contributed by atoms with E-state index >= 15 is 0 Å². The molecule has 1 aliphatic heterocycles. The van der Waals surface area contributed by atoms with E-state index in [1.165, 1.54) is 0 Å². The third kappa shape index (κ3) is 3.92. The third-order valence-electron chi connectivity index (χ3n) is 3.06. The normalized spacial score (nSPS) is 18.9. The van der Waals surface area contributed by atoms with Crippen LogP contribution in [0.2, 0.25) is 0 Å². The molecule has 5 heteroatoms. The van der Waals surface area contributed by atoms with E-state index in [1.54, 1.807) is 6.20 Å². The molecule has 1 amide bonds. The number of hydrogen-bond acceptors (Lipinski definition) is 4. The fourth-order valence-corrected chi connectivity index (χ4v) is 2.07. The lowest BCUT2D eigenvalue weighted by Gasteiger charge is -2.21. The first kappa shape index (κ1) is 13.8. The molecule has 2 heterocycles. The van der Waals surface area contributed by atoms with Gasteiger partial charge in [-0.3, -0.25) is 4.79 Å². The zero-order chi connectivity index (χ0) is 13.5. The van der Waals surface area contributed by atoms with E-state index < -0.39 is 0 Å². The minimum atomic E-state index is -0.305. The molecule has 19 heavy (non-hydrogen) atoms. The van der Waals surface area contributed by atoms with Crippen molar-refractivity contribution in [3.05, 3.63) is 23.9 Å². The summed E-state index contributed by atoms with van der Waals surface area (Å²) in [6.07, 6.45) is 4.27. The van der Waals surface area contributed by atoms with Gasteiger partial charge in [-0.05, 0) is 32.3 Å². The number of rotatable bonds is 5. The zero-order valence-corrected chi connectivity index (χ0v) is 11.2. The van der Waals surface area contributed by atoms with Crippen LogP contribution in [-0.4, -0.2) is 30.2 Å². The van der Waals surface area contributed by atoms with Gasteiger partial charge in [-0.15, -0.1) is 0 Å². The van der Waals surface area contributed by atoms with Crippen LogP contribution in [0.1, 0.15) is 31.7 Å². The number of aromatic nitrogens is 1. The van der Waals surface area contributed by atoms with Crippen molar-refractivity contribution in [2.45, 2.75) is 38.8 Å². The summed E-state index contributed by atoms with van der Waals surface area (Å²) in [5.74, 6) is 0.529. The molecule has 1 aliphatic rings. The Morgan fingerprint density at radius 1 is 1.58 bits per heavy atom. The van der Waals surface area contributed by atoms with Gasteiger partial charge in [0.1, 0.15) is 6.10 Å². The van der Waals surface area contributed by atoms with E-state index in [0.717, 1.165) is 24.8 Å². The van der Waals surface area contributed by atoms with Crippen molar-refractivity contribution >= 4 is 5.91 Å². The number of hydrogen-bond donors (Lipinski definition) is 1. The maximum Gasteiger partial charge on any atom is 0.249 e. The first-order chi connectivity index (χ1) is 9.31. The van der Waals surface area contributed by atoms with E-state index in [4.69, 9.17) is 9.47 Å². The van der Waals surface area contributed by atoms with Crippen molar-refractivity contribution in [1.82, 2.24) is 10.3 Å². The molecule has 0 spiro atoms. The Bertz CT molecular complexity index is 417. The second-order valence-corrected chi connectivity index (χ2v) is 4.47. The Balaban J connectivity index is 1.89. The SMILES string of the molecule is CCOc1ncccc1CNC(=O)[C@H]1CCCCO1. The summed E-state index contributed by atoms with van der Waals surface area (Å²) in [4.78, 5) is 16.1. The summed E-state index contributed by atoms with van der Waals surface area (Å²) >= 11 is 0. The second kappa shape index (κ2) is 7.09. The smallest absolute Gasteiger partial charge is 0.249 e. The van der Waals surface area contributed by atoms with Gasteiger partial charge in [-0.25, -0.2) is 4.98 Å². The van der Waals surface area contributed by atoms with Gasteiger partial charge in [-0.1, -0.05) is 6.07 Å². The van der Waals surface area contributed by atoms with Crippen molar-refractivity contribution < 1.29 is 14.3 Å². The molecule has 0 saturated carbocycles. The zero-order valence-electron chi connectivity index (χ0n) is 11.2. The molecule has 0 unspecified atom stereocenters. The Morgan fingerprint density at radius 3 is 3.21 bits per heavy atom. The summed E-state index contributed by atoms with van der Waals surface area (Å²) in [6, 6.07) is 3.74. The largest absolute Gasteiger partial charge is 0.478 e. The highest BCUT2D eigenvalue weighted by molar-refractivity contribution is 5.80. The monoisotopic (exact) mass is 264 g/mol. The maximum atomic E-state index is 11.9. The van der Waals surface area contributed by atoms with Crippen molar-refractivity contribution in [2.24, 2.45) is 0 Å². The molecular formula is C14H20N2O3. The van der Waals surface area contributed by atoms with Gasteiger partial charge in [0, 0.05) is 24.9 Å². The Hall–Kier alpha value is -1.62. The summed E-state index contributed by atoms with van der Waals surface area (Å²) < 4.78 is 10.9. The van der Waals surface area contributed by atoms with E-state index in [0.29, 0.717) is 25.6 Å². The van der Waals surface area contributed by atoms with Gasteiger partial charge in [-0.2, -0.15) is 0 Å². The van der Waals surface area contributed by atoms with Crippen LogP contribution in [0.3, 0.4) is 0 Å². The average molecular weight is 264 g/mol. The van der Waals surface area contributed by atoms with Crippen molar-refractivity contribution in [2.75, 3.05) is 13.2 Å². The van der Waals surface area contributed by atoms with Crippen LogP contribution >= 0.6 is 0 Å². The fraction of sp³-hybridized carbons (Fsp3) is 0.571. The molecule has 104 valence electrons. The van der Waals surface area contributed by atoms with Crippen LogP contribution in [0.4, 0.5) is 0 Å². The first-order valence-electron chi connectivity index (χ1n) is 6.77. The topological polar surface area (TPSA) is 60.5 Å². The van der Waals surface area contributed by atoms with Crippen molar-refractivity contribution in [3.63, 3.8) is 0 Å². The Kier molecular flexibility index (Phi) is 5.15. The molecule has 1 aromatic heterocycles. The van der Waals surface area contributed by atoms with Gasteiger partial charge >= 0.3 is 0 Å². The lowest BCUT2D eigenvalue weighted by molar-refractivity contribution is -0.135. The number of carbonyl (C=O) groups is 1. The molecule has 5 nitrogen and oxygen atoms in total. The van der Waals surface area contributed by atoms with Gasteiger partial charge in [0.25, 0.3) is 0 Å². The second-order valence-electron chi connectivity index (χ2n) is 4.47. The molecule has 2 rings (SSSR count). The molecule has 1 aromatic rings. The number of nitrogens with zero attached hydrogens (tertiary/aromatic N) is 1. The third-order valence-corrected chi connectivity index (χ3v) is 3.06. The number of nitrogens with one attached hydrogen (secondary N) is 1. The van der Waals surface area contributed by atoms with Crippen molar-refractivity contribution in [3.8, 4) is 5.88 Å². The Labute approximate surface area is 113 Å². The molecule has 0 bridgehead atoms. The highest BCUT2D eigenvalue weighted by atomic mass is 16.5. The minimum Gasteiger partial charge on any atom is -0.478 e. The number of ether oxygens (including phenoxy) is 2. The van der Waals surface area contributed by atoms with E-state index in [-0.39, 0.29) is 12.0 Å². The maximum absolute atomic E-state index is 11.9. The first-order valence-corrected chi connectivity index (χ1v) is 6.77.